The maximum absolute atomic E-state index is 12.2. The molecule has 2 saturated heterocycles. The smallest absolute Gasteiger partial charge is 0.336 e. The Morgan fingerprint density at radius 1 is 1.46 bits per heavy atom. The topological polar surface area (TPSA) is 99.1 Å². The van der Waals surface area contributed by atoms with E-state index in [1.807, 2.05) is 0 Å². The molecular formula is C19H22O7. The molecule has 140 valence electrons. The fourth-order valence-corrected chi connectivity index (χ4v) is 4.34. The number of fused-ring (bicyclic) bond motifs is 3. The Hall–Kier alpha value is -2.41. The number of hydrogen-bond donors (Lipinski definition) is 1. The quantitative estimate of drug-likeness (QED) is 0.344. The van der Waals surface area contributed by atoms with Gasteiger partial charge < -0.3 is 19.3 Å². The van der Waals surface area contributed by atoms with Crippen LogP contribution in [-0.4, -0.2) is 48.4 Å². The summed E-state index contributed by atoms with van der Waals surface area (Å²) in [5, 5.41) is 9.10. The van der Waals surface area contributed by atoms with Crippen LogP contribution in [0.15, 0.2) is 37.0 Å². The van der Waals surface area contributed by atoms with Gasteiger partial charge in [0.2, 0.25) is 0 Å². The lowest BCUT2D eigenvalue weighted by atomic mass is 9.57. The maximum atomic E-state index is 12.2. The molecule has 0 aromatic carbocycles. The lowest BCUT2D eigenvalue weighted by Gasteiger charge is -2.51. The van der Waals surface area contributed by atoms with Crippen LogP contribution in [0.4, 0.5) is 0 Å². The molecule has 0 bridgehead atoms. The van der Waals surface area contributed by atoms with Crippen molar-refractivity contribution in [3.8, 4) is 0 Å². The Morgan fingerprint density at radius 3 is 2.77 bits per heavy atom. The zero-order valence-electron chi connectivity index (χ0n) is 14.6. The van der Waals surface area contributed by atoms with Crippen LogP contribution in [0.2, 0.25) is 0 Å². The molecule has 26 heavy (non-hydrogen) atoms. The molecule has 2 aliphatic heterocycles. The van der Waals surface area contributed by atoms with E-state index in [0.717, 1.165) is 0 Å². The summed E-state index contributed by atoms with van der Waals surface area (Å²) in [6.07, 6.45) is 0.630. The molecule has 1 saturated carbocycles. The highest BCUT2D eigenvalue weighted by atomic mass is 16.6. The molecule has 1 N–H and O–H groups in total. The number of cyclic esters (lactones) is 1. The van der Waals surface area contributed by atoms with Gasteiger partial charge in [0.05, 0.1) is 18.1 Å². The summed E-state index contributed by atoms with van der Waals surface area (Å²) in [4.78, 5) is 36.4. The zero-order chi connectivity index (χ0) is 19.2. The Kier molecular flexibility index (Phi) is 4.52. The van der Waals surface area contributed by atoms with Gasteiger partial charge in [-0.15, -0.1) is 6.58 Å². The van der Waals surface area contributed by atoms with Crippen molar-refractivity contribution in [2.24, 2.45) is 23.2 Å². The third kappa shape index (κ3) is 2.58. The van der Waals surface area contributed by atoms with E-state index in [2.05, 4.69) is 19.7 Å². The van der Waals surface area contributed by atoms with Crippen molar-refractivity contribution in [3.05, 3.63) is 37.0 Å². The van der Waals surface area contributed by atoms with Crippen molar-refractivity contribution in [1.29, 1.82) is 0 Å². The number of carbonyl (C=O) groups is 3. The summed E-state index contributed by atoms with van der Waals surface area (Å²) in [5.74, 6) is -3.07. The minimum absolute atomic E-state index is 0.0448. The first-order valence-corrected chi connectivity index (χ1v) is 8.45. The molecule has 1 aliphatic carbocycles. The largest absolute Gasteiger partial charge is 0.461 e. The van der Waals surface area contributed by atoms with E-state index in [9.17, 15) is 14.4 Å². The molecule has 0 aromatic heterocycles. The predicted molar refractivity (Wildman–Crippen MR) is 89.5 cm³/mol. The average molecular weight is 362 g/mol. The first-order chi connectivity index (χ1) is 12.3. The molecular weight excluding hydrogens is 340 g/mol. The number of ether oxygens (including phenoxy) is 3. The number of aliphatic hydroxyl groups is 1. The van der Waals surface area contributed by atoms with Gasteiger partial charge in [-0.3, -0.25) is 4.79 Å². The number of carbonyl (C=O) groups excluding carboxylic acids is 3. The van der Waals surface area contributed by atoms with Crippen LogP contribution < -0.4 is 0 Å². The summed E-state index contributed by atoms with van der Waals surface area (Å²) in [7, 11) is 0. The van der Waals surface area contributed by atoms with E-state index < -0.39 is 59.9 Å². The van der Waals surface area contributed by atoms with Gasteiger partial charge in [0.1, 0.15) is 18.8 Å². The van der Waals surface area contributed by atoms with Crippen LogP contribution in [0.1, 0.15) is 13.3 Å². The predicted octanol–water partition coefficient (Wildman–Crippen LogP) is 0.930. The molecule has 3 aliphatic rings. The van der Waals surface area contributed by atoms with Gasteiger partial charge in [-0.25, -0.2) is 9.59 Å². The molecule has 6 atom stereocenters. The maximum Gasteiger partial charge on any atom is 0.336 e. The van der Waals surface area contributed by atoms with Crippen LogP contribution in [0.5, 0.6) is 0 Å². The third-order valence-electron chi connectivity index (χ3n) is 5.79. The minimum Gasteiger partial charge on any atom is -0.461 e. The SMILES string of the molecule is C=CC12COC(=O)C(=C)C1C1OC(=O)C(C)C1C(OC(=O)C(=C)CO)C2. The van der Waals surface area contributed by atoms with Gasteiger partial charge in [-0.05, 0) is 6.42 Å². The fraction of sp³-hybridized carbons (Fsp3) is 0.526. The second-order valence-corrected chi connectivity index (χ2v) is 7.19. The van der Waals surface area contributed by atoms with Crippen LogP contribution in [0.25, 0.3) is 0 Å². The molecule has 0 radical (unpaired) electrons. The van der Waals surface area contributed by atoms with Gasteiger partial charge in [-0.1, -0.05) is 26.2 Å². The first-order valence-electron chi connectivity index (χ1n) is 8.45. The van der Waals surface area contributed by atoms with Crippen LogP contribution in [0, 0.1) is 23.2 Å². The van der Waals surface area contributed by atoms with Crippen molar-refractivity contribution in [2.45, 2.75) is 25.6 Å². The Morgan fingerprint density at radius 2 is 2.15 bits per heavy atom. The number of hydrogen-bond acceptors (Lipinski definition) is 7. The van der Waals surface area contributed by atoms with Crippen molar-refractivity contribution in [1.82, 2.24) is 0 Å². The van der Waals surface area contributed by atoms with Crippen LogP contribution in [0.3, 0.4) is 0 Å². The molecule has 3 fully saturated rings. The highest BCUT2D eigenvalue weighted by molar-refractivity contribution is 5.90. The second-order valence-electron chi connectivity index (χ2n) is 7.19. The molecule has 7 nitrogen and oxygen atoms in total. The molecule has 0 amide bonds. The Bertz CT molecular complexity index is 709. The molecule has 0 aromatic rings. The third-order valence-corrected chi connectivity index (χ3v) is 5.79. The summed E-state index contributed by atoms with van der Waals surface area (Å²) in [6, 6.07) is 0. The fourth-order valence-electron chi connectivity index (χ4n) is 4.34. The van der Waals surface area contributed by atoms with E-state index in [0.29, 0.717) is 6.42 Å². The monoisotopic (exact) mass is 362 g/mol. The van der Waals surface area contributed by atoms with Crippen molar-refractivity contribution < 1.29 is 33.7 Å². The molecule has 3 rings (SSSR count). The van der Waals surface area contributed by atoms with E-state index in [4.69, 9.17) is 19.3 Å². The van der Waals surface area contributed by atoms with Crippen molar-refractivity contribution >= 4 is 17.9 Å². The molecule has 7 heteroatoms. The zero-order valence-corrected chi connectivity index (χ0v) is 14.6. The van der Waals surface area contributed by atoms with Crippen LogP contribution >= 0.6 is 0 Å². The number of rotatable bonds is 4. The van der Waals surface area contributed by atoms with Gasteiger partial charge in [-0.2, -0.15) is 0 Å². The van der Waals surface area contributed by atoms with Gasteiger partial charge >= 0.3 is 17.9 Å². The molecule has 2 heterocycles. The minimum atomic E-state index is -0.748. The van der Waals surface area contributed by atoms with Crippen LogP contribution in [-0.2, 0) is 28.6 Å². The lowest BCUT2D eigenvalue weighted by molar-refractivity contribution is -0.177. The van der Waals surface area contributed by atoms with Crippen molar-refractivity contribution in [2.75, 3.05) is 13.2 Å². The molecule has 6 unspecified atom stereocenters. The summed E-state index contributed by atoms with van der Waals surface area (Å²) >= 11 is 0. The Balaban J connectivity index is 2.00. The normalized spacial score (nSPS) is 38.5. The highest BCUT2D eigenvalue weighted by Crippen LogP contribution is 2.56. The number of esters is 3. The van der Waals surface area contributed by atoms with Gasteiger partial charge in [0, 0.05) is 22.8 Å². The highest BCUT2D eigenvalue weighted by Gasteiger charge is 2.63. The lowest BCUT2D eigenvalue weighted by Crippen LogP contribution is -2.58. The standard InChI is InChI=1S/C19H22O7/c1-5-19-6-12(25-16(21)9(2)7-20)13-10(3)18(23)26-15(13)14(19)11(4)17(22)24-8-19/h5,10,12-15,20H,1-2,4,6-8H2,3H3. The van der Waals surface area contributed by atoms with Crippen molar-refractivity contribution in [3.63, 3.8) is 0 Å². The van der Waals surface area contributed by atoms with E-state index in [-0.39, 0.29) is 17.8 Å². The Labute approximate surface area is 151 Å². The molecule has 0 spiro atoms. The summed E-state index contributed by atoms with van der Waals surface area (Å²) in [6.45, 7) is 12.4. The number of aliphatic hydroxyl groups excluding tert-OH is 1. The van der Waals surface area contributed by atoms with Gasteiger partial charge in [0.15, 0.2) is 0 Å². The van der Waals surface area contributed by atoms with Gasteiger partial charge in [0.25, 0.3) is 0 Å². The van der Waals surface area contributed by atoms with E-state index in [1.165, 1.54) is 0 Å². The summed E-state index contributed by atoms with van der Waals surface area (Å²) in [5.41, 5.74) is -0.589. The second kappa shape index (κ2) is 6.39. The van der Waals surface area contributed by atoms with E-state index >= 15 is 0 Å². The summed E-state index contributed by atoms with van der Waals surface area (Å²) < 4.78 is 16.4. The first kappa shape index (κ1) is 18.4. The average Bonchev–Trinajstić information content (AvgIpc) is 2.92. The van der Waals surface area contributed by atoms with E-state index in [1.54, 1.807) is 13.0 Å².